The van der Waals surface area contributed by atoms with Crippen molar-refractivity contribution in [3.05, 3.63) is 33.1 Å². The number of hydrogen-bond donors (Lipinski definition) is 1. The van der Waals surface area contributed by atoms with E-state index in [4.69, 9.17) is 11.6 Å². The van der Waals surface area contributed by atoms with E-state index in [-0.39, 0.29) is 15.2 Å². The molecule has 0 fully saturated rings. The van der Waals surface area contributed by atoms with Crippen molar-refractivity contribution < 1.29 is 8.42 Å². The maximum atomic E-state index is 11.7. The first-order chi connectivity index (χ1) is 7.58. The van der Waals surface area contributed by atoms with Crippen LogP contribution in [-0.2, 0) is 16.6 Å². The van der Waals surface area contributed by atoms with Crippen LogP contribution in [0.2, 0.25) is 4.47 Å². The zero-order chi connectivity index (χ0) is 11.6. The number of hydrogen-bond acceptors (Lipinski definition) is 5. The predicted molar refractivity (Wildman–Crippen MR) is 65.5 cm³/mol. The summed E-state index contributed by atoms with van der Waals surface area (Å²) in [6, 6.07) is 3.74. The minimum atomic E-state index is -3.49. The number of thiazole rings is 1. The maximum Gasteiger partial charge on any atom is 0.252 e. The van der Waals surface area contributed by atoms with Crippen LogP contribution in [0.25, 0.3) is 0 Å². The Labute approximate surface area is 106 Å². The number of nitrogens with one attached hydrogen (secondary N) is 1. The molecule has 0 unspecified atom stereocenters. The van der Waals surface area contributed by atoms with Gasteiger partial charge in [-0.25, -0.2) is 18.1 Å². The van der Waals surface area contributed by atoms with Crippen LogP contribution in [0, 0.1) is 0 Å². The van der Waals surface area contributed by atoms with Crippen molar-refractivity contribution >= 4 is 44.3 Å². The quantitative estimate of drug-likeness (QED) is 0.941. The molecule has 2 rings (SSSR count). The standard InChI is InChI=1S/C8H7ClN2O2S3/c9-8-10-5-7(15-8)16(12,13)11-4-6-2-1-3-14-6/h1-3,5,11H,4H2. The van der Waals surface area contributed by atoms with Gasteiger partial charge in [-0.05, 0) is 11.4 Å². The van der Waals surface area contributed by atoms with Gasteiger partial charge in [-0.15, -0.1) is 11.3 Å². The van der Waals surface area contributed by atoms with Gasteiger partial charge in [-0.3, -0.25) is 0 Å². The Hall–Kier alpha value is -0.470. The van der Waals surface area contributed by atoms with Crippen LogP contribution in [0.3, 0.4) is 0 Å². The zero-order valence-corrected chi connectivity index (χ0v) is 11.1. The third-order valence-corrected chi connectivity index (χ3v) is 5.59. The van der Waals surface area contributed by atoms with Gasteiger partial charge in [0.05, 0.1) is 6.20 Å². The smallest absolute Gasteiger partial charge is 0.232 e. The summed E-state index contributed by atoms with van der Waals surface area (Å²) < 4.78 is 26.3. The summed E-state index contributed by atoms with van der Waals surface area (Å²) in [6.07, 6.45) is 1.25. The lowest BCUT2D eigenvalue weighted by atomic mass is 10.5. The van der Waals surface area contributed by atoms with E-state index < -0.39 is 10.0 Å². The van der Waals surface area contributed by atoms with Gasteiger partial charge in [0.15, 0.2) is 8.68 Å². The van der Waals surface area contributed by atoms with Crippen LogP contribution in [-0.4, -0.2) is 13.4 Å². The second kappa shape index (κ2) is 4.80. The summed E-state index contributed by atoms with van der Waals surface area (Å²) in [5, 5.41) is 1.90. The SMILES string of the molecule is O=S(=O)(NCc1cccs1)c1cnc(Cl)s1. The molecule has 86 valence electrons. The molecule has 0 aromatic carbocycles. The number of thiophene rings is 1. The zero-order valence-electron chi connectivity index (χ0n) is 7.88. The molecular formula is C8H7ClN2O2S3. The van der Waals surface area contributed by atoms with Gasteiger partial charge in [0, 0.05) is 11.4 Å². The molecule has 0 saturated heterocycles. The number of halogens is 1. The van der Waals surface area contributed by atoms with Gasteiger partial charge in [0.1, 0.15) is 0 Å². The minimum Gasteiger partial charge on any atom is -0.232 e. The van der Waals surface area contributed by atoms with E-state index in [1.165, 1.54) is 17.5 Å². The highest BCUT2D eigenvalue weighted by atomic mass is 35.5. The fourth-order valence-electron chi connectivity index (χ4n) is 1.01. The first kappa shape index (κ1) is 12.0. The van der Waals surface area contributed by atoms with Crippen LogP contribution in [0.5, 0.6) is 0 Å². The summed E-state index contributed by atoms with van der Waals surface area (Å²) >= 11 is 8.02. The number of sulfonamides is 1. The van der Waals surface area contributed by atoms with Crippen molar-refractivity contribution in [1.29, 1.82) is 0 Å². The monoisotopic (exact) mass is 294 g/mol. The number of nitrogens with zero attached hydrogens (tertiary/aromatic N) is 1. The predicted octanol–water partition coefficient (Wildman–Crippen LogP) is 2.34. The molecule has 0 aliphatic rings. The van der Waals surface area contributed by atoms with E-state index in [1.807, 2.05) is 17.5 Å². The normalized spacial score (nSPS) is 11.8. The molecular weight excluding hydrogens is 288 g/mol. The molecule has 2 aromatic heterocycles. The van der Waals surface area contributed by atoms with E-state index in [1.54, 1.807) is 0 Å². The van der Waals surface area contributed by atoms with Crippen molar-refractivity contribution in [1.82, 2.24) is 9.71 Å². The summed E-state index contributed by atoms with van der Waals surface area (Å²) in [4.78, 5) is 4.65. The second-order valence-electron chi connectivity index (χ2n) is 2.84. The molecule has 2 aromatic rings. The Bertz CT molecular complexity index is 562. The summed E-state index contributed by atoms with van der Waals surface area (Å²) in [6.45, 7) is 0.287. The molecule has 0 radical (unpaired) electrons. The molecule has 16 heavy (non-hydrogen) atoms. The number of rotatable bonds is 4. The van der Waals surface area contributed by atoms with Gasteiger partial charge >= 0.3 is 0 Å². The molecule has 0 spiro atoms. The van der Waals surface area contributed by atoms with Crippen molar-refractivity contribution in [2.24, 2.45) is 0 Å². The van der Waals surface area contributed by atoms with Crippen LogP contribution in [0.1, 0.15) is 4.88 Å². The Morgan fingerprint density at radius 2 is 2.31 bits per heavy atom. The first-order valence-electron chi connectivity index (χ1n) is 4.21. The van der Waals surface area contributed by atoms with Crippen molar-refractivity contribution in [3.8, 4) is 0 Å². The second-order valence-corrected chi connectivity index (χ2v) is 7.47. The molecule has 2 heterocycles. The van der Waals surface area contributed by atoms with Gasteiger partial charge in [0.2, 0.25) is 0 Å². The fraction of sp³-hybridized carbons (Fsp3) is 0.125. The summed E-state index contributed by atoms with van der Waals surface area (Å²) in [7, 11) is -3.49. The van der Waals surface area contributed by atoms with Crippen molar-refractivity contribution in [2.75, 3.05) is 0 Å². The van der Waals surface area contributed by atoms with Crippen LogP contribution >= 0.6 is 34.3 Å². The minimum absolute atomic E-state index is 0.133. The molecule has 0 aliphatic heterocycles. The Morgan fingerprint density at radius 1 is 1.50 bits per heavy atom. The lowest BCUT2D eigenvalue weighted by molar-refractivity contribution is 0.584. The average Bonchev–Trinajstić information content (AvgIpc) is 2.85. The van der Waals surface area contributed by atoms with Crippen LogP contribution < -0.4 is 4.72 Å². The Morgan fingerprint density at radius 3 is 2.88 bits per heavy atom. The highest BCUT2D eigenvalue weighted by Gasteiger charge is 2.17. The molecule has 0 saturated carbocycles. The fourth-order valence-corrected chi connectivity index (χ4v) is 4.09. The summed E-state index contributed by atoms with van der Waals surface area (Å²) in [5.74, 6) is 0. The van der Waals surface area contributed by atoms with Gasteiger partial charge in [0.25, 0.3) is 10.0 Å². The van der Waals surface area contributed by atoms with E-state index in [0.717, 1.165) is 16.2 Å². The third kappa shape index (κ3) is 2.80. The van der Waals surface area contributed by atoms with Gasteiger partial charge < -0.3 is 0 Å². The van der Waals surface area contributed by atoms with Crippen molar-refractivity contribution in [3.63, 3.8) is 0 Å². The molecule has 0 atom stereocenters. The lowest BCUT2D eigenvalue weighted by Gasteiger charge is -2.01. The van der Waals surface area contributed by atoms with Crippen LogP contribution in [0.15, 0.2) is 27.9 Å². The molecule has 4 nitrogen and oxygen atoms in total. The molecule has 1 N–H and O–H groups in total. The molecule has 8 heteroatoms. The molecule has 0 bridgehead atoms. The topological polar surface area (TPSA) is 59.1 Å². The largest absolute Gasteiger partial charge is 0.252 e. The van der Waals surface area contributed by atoms with Crippen LogP contribution in [0.4, 0.5) is 0 Å². The van der Waals surface area contributed by atoms with E-state index in [0.29, 0.717) is 0 Å². The molecule has 0 aliphatic carbocycles. The van der Waals surface area contributed by atoms with Crippen molar-refractivity contribution in [2.45, 2.75) is 10.8 Å². The van der Waals surface area contributed by atoms with E-state index in [9.17, 15) is 8.42 Å². The average molecular weight is 295 g/mol. The van der Waals surface area contributed by atoms with E-state index in [2.05, 4.69) is 9.71 Å². The maximum absolute atomic E-state index is 11.7. The van der Waals surface area contributed by atoms with E-state index >= 15 is 0 Å². The Balaban J connectivity index is 2.09. The third-order valence-electron chi connectivity index (χ3n) is 1.74. The lowest BCUT2D eigenvalue weighted by Crippen LogP contribution is -2.21. The summed E-state index contributed by atoms with van der Waals surface area (Å²) in [5.41, 5.74) is 0. The highest BCUT2D eigenvalue weighted by Crippen LogP contribution is 2.22. The van der Waals surface area contributed by atoms with Gasteiger partial charge in [-0.1, -0.05) is 29.0 Å². The number of aromatic nitrogens is 1. The highest BCUT2D eigenvalue weighted by molar-refractivity contribution is 7.91. The Kier molecular flexibility index (Phi) is 3.60. The van der Waals surface area contributed by atoms with Gasteiger partial charge in [-0.2, -0.15) is 0 Å². The first-order valence-corrected chi connectivity index (χ1v) is 7.77. The molecule has 0 amide bonds.